The third-order valence-electron chi connectivity index (χ3n) is 2.03. The fourth-order valence-electron chi connectivity index (χ4n) is 1.37. The van der Waals surface area contributed by atoms with Crippen molar-refractivity contribution in [1.29, 1.82) is 0 Å². The number of methoxy groups -OCH3 is 1. The van der Waals surface area contributed by atoms with Crippen LogP contribution in [-0.4, -0.2) is 23.5 Å². The zero-order valence-electron chi connectivity index (χ0n) is 8.65. The van der Waals surface area contributed by atoms with Crippen molar-refractivity contribution in [2.75, 3.05) is 13.7 Å². The first-order valence-electron chi connectivity index (χ1n) is 4.60. The lowest BCUT2D eigenvalue weighted by Crippen LogP contribution is -2.11. The summed E-state index contributed by atoms with van der Waals surface area (Å²) in [6, 6.07) is 4.55. The summed E-state index contributed by atoms with van der Waals surface area (Å²) in [4.78, 5) is 10.4. The predicted molar refractivity (Wildman–Crippen MR) is 66.4 cm³/mol. The Balaban J connectivity index is 2.92. The van der Waals surface area contributed by atoms with Crippen LogP contribution in [0.2, 0.25) is 5.02 Å². The summed E-state index contributed by atoms with van der Waals surface area (Å²) in [5.74, 6) is 0. The molecule has 1 atom stereocenters. The van der Waals surface area contributed by atoms with Gasteiger partial charge in [0.2, 0.25) is 0 Å². The summed E-state index contributed by atoms with van der Waals surface area (Å²) in [5, 5.41) is 11.3. The Hall–Kier alpha value is -0.650. The van der Waals surface area contributed by atoms with Crippen molar-refractivity contribution in [2.24, 2.45) is 0 Å². The molecule has 0 amide bonds. The highest BCUT2D eigenvalue weighted by Gasteiger charge is 2.16. The van der Waals surface area contributed by atoms with Crippen LogP contribution in [0.25, 0.3) is 0 Å². The molecule has 1 aromatic carbocycles. The van der Waals surface area contributed by atoms with Crippen LogP contribution in [0.15, 0.2) is 18.2 Å². The van der Waals surface area contributed by atoms with Gasteiger partial charge in [-0.1, -0.05) is 27.5 Å². The number of benzene rings is 1. The molecule has 0 saturated carbocycles. The molecule has 0 N–H and O–H groups in total. The summed E-state index contributed by atoms with van der Waals surface area (Å²) in [7, 11) is 1.58. The minimum Gasteiger partial charge on any atom is -0.384 e. The number of nitrogens with zero attached hydrogens (tertiary/aromatic N) is 1. The first kappa shape index (κ1) is 13.4. The second-order valence-electron chi connectivity index (χ2n) is 3.29. The van der Waals surface area contributed by atoms with E-state index in [0.29, 0.717) is 23.6 Å². The molecule has 1 aromatic rings. The van der Waals surface area contributed by atoms with Gasteiger partial charge in [0.05, 0.1) is 11.5 Å². The van der Waals surface area contributed by atoms with Crippen molar-refractivity contribution >= 4 is 33.2 Å². The molecule has 0 aliphatic heterocycles. The van der Waals surface area contributed by atoms with Crippen LogP contribution in [0.1, 0.15) is 5.56 Å². The summed E-state index contributed by atoms with van der Waals surface area (Å²) in [5.41, 5.74) is 0.696. The van der Waals surface area contributed by atoms with E-state index in [9.17, 15) is 10.1 Å². The minimum absolute atomic E-state index is 0.0367. The molecule has 0 aromatic heterocycles. The molecule has 0 heterocycles. The minimum atomic E-state index is -0.405. The van der Waals surface area contributed by atoms with Gasteiger partial charge in [-0.15, -0.1) is 0 Å². The fourth-order valence-corrected chi connectivity index (χ4v) is 2.18. The molecule has 4 nitrogen and oxygen atoms in total. The van der Waals surface area contributed by atoms with Crippen LogP contribution >= 0.6 is 27.5 Å². The maximum Gasteiger partial charge on any atom is 0.272 e. The maximum atomic E-state index is 10.8. The number of halogens is 2. The van der Waals surface area contributed by atoms with Crippen molar-refractivity contribution in [1.82, 2.24) is 0 Å². The Bertz CT molecular complexity index is 386. The van der Waals surface area contributed by atoms with Gasteiger partial charge in [0.25, 0.3) is 5.69 Å². The average Bonchev–Trinajstić information content (AvgIpc) is 2.17. The number of nitro groups is 1. The maximum absolute atomic E-state index is 10.8. The van der Waals surface area contributed by atoms with Crippen molar-refractivity contribution < 1.29 is 9.66 Å². The van der Waals surface area contributed by atoms with E-state index in [4.69, 9.17) is 16.3 Å². The number of nitro benzene ring substituents is 1. The molecule has 0 radical (unpaired) electrons. The normalized spacial score (nSPS) is 12.4. The third-order valence-corrected chi connectivity index (χ3v) is 2.85. The van der Waals surface area contributed by atoms with Gasteiger partial charge in [-0.25, -0.2) is 0 Å². The van der Waals surface area contributed by atoms with E-state index < -0.39 is 4.92 Å². The van der Waals surface area contributed by atoms with E-state index in [0.717, 1.165) is 0 Å². The lowest BCUT2D eigenvalue weighted by molar-refractivity contribution is -0.385. The lowest BCUT2D eigenvalue weighted by atomic mass is 10.1. The van der Waals surface area contributed by atoms with Gasteiger partial charge in [-0.3, -0.25) is 10.1 Å². The van der Waals surface area contributed by atoms with E-state index in [-0.39, 0.29) is 10.5 Å². The molecule has 0 aliphatic rings. The Kier molecular flexibility index (Phi) is 5.18. The van der Waals surface area contributed by atoms with Gasteiger partial charge < -0.3 is 4.74 Å². The number of alkyl halides is 1. The molecule has 0 fully saturated rings. The van der Waals surface area contributed by atoms with Gasteiger partial charge in [-0.05, 0) is 18.6 Å². The number of ether oxygens (including phenoxy) is 1. The second-order valence-corrected chi connectivity index (χ2v) is 5.02. The molecule has 0 spiro atoms. The molecule has 1 unspecified atom stereocenters. The van der Waals surface area contributed by atoms with E-state index in [1.54, 1.807) is 13.2 Å². The highest BCUT2D eigenvalue weighted by atomic mass is 79.9. The largest absolute Gasteiger partial charge is 0.384 e. The zero-order valence-corrected chi connectivity index (χ0v) is 11.0. The van der Waals surface area contributed by atoms with Crippen LogP contribution in [0.4, 0.5) is 5.69 Å². The van der Waals surface area contributed by atoms with Crippen LogP contribution in [0.3, 0.4) is 0 Å². The summed E-state index contributed by atoms with van der Waals surface area (Å²) < 4.78 is 4.96. The standard InChI is InChI=1S/C10H11BrClNO3/c1-16-6-8(11)4-7-5-9(12)2-3-10(7)13(14)15/h2-3,5,8H,4,6H2,1H3. The van der Waals surface area contributed by atoms with Crippen LogP contribution < -0.4 is 0 Å². The molecular weight excluding hydrogens is 297 g/mol. The first-order chi connectivity index (χ1) is 7.54. The van der Waals surface area contributed by atoms with Crippen molar-refractivity contribution in [2.45, 2.75) is 11.2 Å². The highest BCUT2D eigenvalue weighted by Crippen LogP contribution is 2.25. The van der Waals surface area contributed by atoms with Gasteiger partial charge in [0, 0.05) is 28.6 Å². The average molecular weight is 309 g/mol. The smallest absolute Gasteiger partial charge is 0.272 e. The molecule has 0 aliphatic carbocycles. The Morgan fingerprint density at radius 1 is 1.62 bits per heavy atom. The van der Waals surface area contributed by atoms with E-state index >= 15 is 0 Å². The molecule has 88 valence electrons. The summed E-state index contributed by atoms with van der Waals surface area (Å²) >= 11 is 9.20. The van der Waals surface area contributed by atoms with Gasteiger partial charge in [0.15, 0.2) is 0 Å². The second kappa shape index (κ2) is 6.18. The monoisotopic (exact) mass is 307 g/mol. The Morgan fingerprint density at radius 2 is 2.31 bits per heavy atom. The van der Waals surface area contributed by atoms with Gasteiger partial charge in [-0.2, -0.15) is 0 Å². The molecule has 1 rings (SSSR count). The summed E-state index contributed by atoms with van der Waals surface area (Å²) in [6.07, 6.45) is 0.505. The highest BCUT2D eigenvalue weighted by molar-refractivity contribution is 9.09. The zero-order chi connectivity index (χ0) is 12.1. The SMILES string of the molecule is COCC(Br)Cc1cc(Cl)ccc1[N+](=O)[O-]. The predicted octanol–water partition coefficient (Wildman–Crippen LogP) is 3.20. The topological polar surface area (TPSA) is 52.4 Å². The third kappa shape index (κ3) is 3.73. The molecule has 16 heavy (non-hydrogen) atoms. The quantitative estimate of drug-likeness (QED) is 0.477. The lowest BCUT2D eigenvalue weighted by Gasteiger charge is -2.09. The van der Waals surface area contributed by atoms with E-state index in [1.807, 2.05) is 0 Å². The van der Waals surface area contributed by atoms with Crippen LogP contribution in [0, 0.1) is 10.1 Å². The van der Waals surface area contributed by atoms with E-state index in [2.05, 4.69) is 15.9 Å². The molecular formula is C10H11BrClNO3. The van der Waals surface area contributed by atoms with Gasteiger partial charge in [0.1, 0.15) is 0 Å². The summed E-state index contributed by atoms with van der Waals surface area (Å²) in [6.45, 7) is 0.490. The molecule has 0 saturated heterocycles. The molecule has 0 bridgehead atoms. The Labute approximate surface area is 107 Å². The van der Waals surface area contributed by atoms with Crippen LogP contribution in [-0.2, 0) is 11.2 Å². The number of rotatable bonds is 5. The Morgan fingerprint density at radius 3 is 2.88 bits per heavy atom. The van der Waals surface area contributed by atoms with E-state index in [1.165, 1.54) is 12.1 Å². The first-order valence-corrected chi connectivity index (χ1v) is 5.89. The van der Waals surface area contributed by atoms with Crippen molar-refractivity contribution in [3.8, 4) is 0 Å². The fraction of sp³-hybridized carbons (Fsp3) is 0.400. The van der Waals surface area contributed by atoms with Crippen LogP contribution in [0.5, 0.6) is 0 Å². The number of hydrogen-bond acceptors (Lipinski definition) is 3. The number of hydrogen-bond donors (Lipinski definition) is 0. The molecule has 6 heteroatoms. The van der Waals surface area contributed by atoms with Gasteiger partial charge >= 0.3 is 0 Å². The van der Waals surface area contributed by atoms with Crippen molar-refractivity contribution in [3.63, 3.8) is 0 Å². The van der Waals surface area contributed by atoms with Crippen molar-refractivity contribution in [3.05, 3.63) is 38.9 Å².